The molecule has 2 aromatic rings. The van der Waals surface area contributed by atoms with Crippen LogP contribution in [0.15, 0.2) is 48.5 Å². The molecule has 1 saturated heterocycles. The summed E-state index contributed by atoms with van der Waals surface area (Å²) in [5.74, 6) is 0.0275. The zero-order chi connectivity index (χ0) is 23.3. The lowest BCUT2D eigenvalue weighted by Gasteiger charge is -2.26. The standard InChI is InChI=1S/C24H28ClN3O4/c1-17(2)12-26(24(31)15-32-19-8-5-4-6-9-19)13-22(29)27-14-23(30)28(16-27)21-11-7-10-20(25)18(21)3/h4-11,17H,12-16H2,1-3H3. The van der Waals surface area contributed by atoms with Crippen LogP contribution < -0.4 is 9.64 Å². The molecule has 0 N–H and O–H groups in total. The number of nitrogens with zero attached hydrogens (tertiary/aromatic N) is 3. The fraction of sp³-hybridized carbons (Fsp3) is 0.375. The van der Waals surface area contributed by atoms with Crippen LogP contribution in [0.5, 0.6) is 5.75 Å². The van der Waals surface area contributed by atoms with Crippen molar-refractivity contribution in [1.29, 1.82) is 0 Å². The summed E-state index contributed by atoms with van der Waals surface area (Å²) in [5, 5.41) is 0.562. The monoisotopic (exact) mass is 457 g/mol. The highest BCUT2D eigenvalue weighted by atomic mass is 35.5. The third kappa shape index (κ3) is 5.79. The van der Waals surface area contributed by atoms with Crippen molar-refractivity contribution >= 4 is 35.0 Å². The Labute approximate surface area is 193 Å². The van der Waals surface area contributed by atoms with E-state index in [9.17, 15) is 14.4 Å². The maximum Gasteiger partial charge on any atom is 0.260 e. The molecule has 0 aliphatic carbocycles. The van der Waals surface area contributed by atoms with Gasteiger partial charge >= 0.3 is 0 Å². The van der Waals surface area contributed by atoms with E-state index >= 15 is 0 Å². The van der Waals surface area contributed by atoms with Gasteiger partial charge in [-0.3, -0.25) is 19.3 Å². The van der Waals surface area contributed by atoms with E-state index in [1.165, 1.54) is 9.80 Å². The average Bonchev–Trinajstić information content (AvgIpc) is 3.15. The molecular formula is C24H28ClN3O4. The molecular weight excluding hydrogens is 430 g/mol. The van der Waals surface area contributed by atoms with Crippen molar-refractivity contribution in [3.63, 3.8) is 0 Å². The lowest BCUT2D eigenvalue weighted by atomic mass is 10.2. The van der Waals surface area contributed by atoms with Gasteiger partial charge in [-0.15, -0.1) is 0 Å². The predicted molar refractivity (Wildman–Crippen MR) is 124 cm³/mol. The minimum absolute atomic E-state index is 0.0327. The Kier molecular flexibility index (Phi) is 7.75. The van der Waals surface area contributed by atoms with Crippen molar-refractivity contribution in [3.05, 3.63) is 59.1 Å². The zero-order valence-electron chi connectivity index (χ0n) is 18.6. The summed E-state index contributed by atoms with van der Waals surface area (Å²) in [6.07, 6.45) is 0. The second-order valence-electron chi connectivity index (χ2n) is 8.21. The van der Waals surface area contributed by atoms with Gasteiger partial charge in [0.05, 0.1) is 6.54 Å². The van der Waals surface area contributed by atoms with Gasteiger partial charge in [-0.2, -0.15) is 0 Å². The third-order valence-corrected chi connectivity index (χ3v) is 5.60. The van der Waals surface area contributed by atoms with Crippen LogP contribution in [0, 0.1) is 12.8 Å². The van der Waals surface area contributed by atoms with Gasteiger partial charge in [-0.25, -0.2) is 0 Å². The Morgan fingerprint density at radius 1 is 1.12 bits per heavy atom. The minimum atomic E-state index is -0.283. The highest BCUT2D eigenvalue weighted by Crippen LogP contribution is 2.28. The lowest BCUT2D eigenvalue weighted by molar-refractivity contribution is -0.141. The Morgan fingerprint density at radius 2 is 1.84 bits per heavy atom. The quantitative estimate of drug-likeness (QED) is 0.609. The molecule has 0 radical (unpaired) electrons. The van der Waals surface area contributed by atoms with Gasteiger partial charge in [0, 0.05) is 17.3 Å². The fourth-order valence-electron chi connectivity index (χ4n) is 3.53. The van der Waals surface area contributed by atoms with E-state index in [-0.39, 0.29) is 50.0 Å². The van der Waals surface area contributed by atoms with Gasteiger partial charge in [0.1, 0.15) is 19.0 Å². The molecule has 7 nitrogen and oxygen atoms in total. The molecule has 2 aromatic carbocycles. The largest absolute Gasteiger partial charge is 0.484 e. The van der Waals surface area contributed by atoms with Crippen molar-refractivity contribution in [1.82, 2.24) is 9.80 Å². The van der Waals surface area contributed by atoms with Crippen molar-refractivity contribution in [3.8, 4) is 5.75 Å². The van der Waals surface area contributed by atoms with Crippen molar-refractivity contribution in [2.24, 2.45) is 5.92 Å². The molecule has 8 heteroatoms. The number of carbonyl (C=O) groups is 3. The van der Waals surface area contributed by atoms with Crippen LogP contribution in [0.4, 0.5) is 5.69 Å². The molecule has 3 amide bonds. The maximum atomic E-state index is 13.0. The Balaban J connectivity index is 1.65. The van der Waals surface area contributed by atoms with E-state index in [2.05, 4.69) is 0 Å². The number of para-hydroxylation sites is 1. The molecule has 170 valence electrons. The first-order chi connectivity index (χ1) is 15.3. The second kappa shape index (κ2) is 10.5. The second-order valence-corrected chi connectivity index (χ2v) is 8.62. The molecule has 0 bridgehead atoms. The number of halogens is 1. The fourth-order valence-corrected chi connectivity index (χ4v) is 3.70. The lowest BCUT2D eigenvalue weighted by Crippen LogP contribution is -2.45. The smallest absolute Gasteiger partial charge is 0.260 e. The Hall–Kier alpha value is -3.06. The highest BCUT2D eigenvalue weighted by molar-refractivity contribution is 6.31. The van der Waals surface area contributed by atoms with Gasteiger partial charge < -0.3 is 14.5 Å². The Morgan fingerprint density at radius 3 is 2.53 bits per heavy atom. The van der Waals surface area contributed by atoms with Gasteiger partial charge in [0.15, 0.2) is 6.61 Å². The first-order valence-corrected chi connectivity index (χ1v) is 10.9. The van der Waals surface area contributed by atoms with E-state index < -0.39 is 0 Å². The van der Waals surface area contributed by atoms with E-state index in [1.54, 1.807) is 29.2 Å². The van der Waals surface area contributed by atoms with E-state index in [0.717, 1.165) is 5.56 Å². The van der Waals surface area contributed by atoms with Crippen LogP contribution in [0.2, 0.25) is 5.02 Å². The van der Waals surface area contributed by atoms with E-state index in [1.807, 2.05) is 45.0 Å². The number of carbonyl (C=O) groups excluding carboxylic acids is 3. The number of hydrogen-bond donors (Lipinski definition) is 0. The normalized spacial score (nSPS) is 13.6. The first kappa shape index (κ1) is 23.6. The van der Waals surface area contributed by atoms with Crippen LogP contribution >= 0.6 is 11.6 Å². The van der Waals surface area contributed by atoms with Gasteiger partial charge in [0.2, 0.25) is 11.8 Å². The molecule has 3 rings (SSSR count). The summed E-state index contributed by atoms with van der Waals surface area (Å²) in [5.41, 5.74) is 1.47. The highest BCUT2D eigenvalue weighted by Gasteiger charge is 2.34. The van der Waals surface area contributed by atoms with Crippen LogP contribution in [0.3, 0.4) is 0 Å². The van der Waals surface area contributed by atoms with Crippen molar-refractivity contribution in [2.45, 2.75) is 20.8 Å². The molecule has 1 heterocycles. The summed E-state index contributed by atoms with van der Waals surface area (Å²) in [4.78, 5) is 42.8. The molecule has 1 aliphatic heterocycles. The van der Waals surface area contributed by atoms with Crippen LogP contribution in [0.25, 0.3) is 0 Å². The van der Waals surface area contributed by atoms with Gasteiger partial charge in [-0.1, -0.05) is 49.7 Å². The minimum Gasteiger partial charge on any atom is -0.484 e. The first-order valence-electron chi connectivity index (χ1n) is 10.5. The van der Waals surface area contributed by atoms with Crippen molar-refractivity contribution < 1.29 is 19.1 Å². The molecule has 0 unspecified atom stereocenters. The maximum absolute atomic E-state index is 13.0. The van der Waals surface area contributed by atoms with Crippen LogP contribution in [-0.4, -0.2) is 60.4 Å². The topological polar surface area (TPSA) is 70.2 Å². The molecule has 1 fully saturated rings. The van der Waals surface area contributed by atoms with Crippen LogP contribution in [0.1, 0.15) is 19.4 Å². The van der Waals surface area contributed by atoms with Crippen molar-refractivity contribution in [2.75, 3.05) is 37.8 Å². The van der Waals surface area contributed by atoms with Gasteiger partial charge in [-0.05, 0) is 42.7 Å². The molecule has 0 aromatic heterocycles. The van der Waals surface area contributed by atoms with E-state index in [4.69, 9.17) is 16.3 Å². The predicted octanol–water partition coefficient (Wildman–Crippen LogP) is 3.34. The molecule has 1 aliphatic rings. The molecule has 0 saturated carbocycles. The van der Waals surface area contributed by atoms with Gasteiger partial charge in [0.25, 0.3) is 5.91 Å². The zero-order valence-corrected chi connectivity index (χ0v) is 19.3. The number of hydrogen-bond acceptors (Lipinski definition) is 4. The number of amides is 3. The number of benzene rings is 2. The number of rotatable bonds is 8. The summed E-state index contributed by atoms with van der Waals surface area (Å²) < 4.78 is 5.56. The summed E-state index contributed by atoms with van der Waals surface area (Å²) in [6.45, 7) is 6.05. The molecule has 32 heavy (non-hydrogen) atoms. The summed E-state index contributed by atoms with van der Waals surface area (Å²) in [7, 11) is 0. The number of anilines is 1. The number of ether oxygens (including phenoxy) is 1. The summed E-state index contributed by atoms with van der Waals surface area (Å²) >= 11 is 6.19. The van der Waals surface area contributed by atoms with E-state index in [0.29, 0.717) is 23.0 Å². The molecule has 0 atom stereocenters. The average molecular weight is 458 g/mol. The van der Waals surface area contributed by atoms with Crippen LogP contribution in [-0.2, 0) is 14.4 Å². The summed E-state index contributed by atoms with van der Waals surface area (Å²) in [6, 6.07) is 14.4. The Bertz CT molecular complexity index is 980. The molecule has 0 spiro atoms. The SMILES string of the molecule is Cc1c(Cl)cccc1N1CN(C(=O)CN(CC(C)C)C(=O)COc2ccccc2)CC1=O. The third-order valence-electron chi connectivity index (χ3n) is 5.19.